The quantitative estimate of drug-likeness (QED) is 0.809. The number of hydrogen-bond donors (Lipinski definition) is 1. The van der Waals surface area contributed by atoms with Crippen LogP contribution in [0.1, 0.15) is 52.8 Å². The van der Waals surface area contributed by atoms with Gasteiger partial charge in [0.25, 0.3) is 5.56 Å². The maximum absolute atomic E-state index is 12.9. The first-order valence-electron chi connectivity index (χ1n) is 10.9. The lowest BCUT2D eigenvalue weighted by atomic mass is 10.0. The molecular formula is C22H28N4O3S. The number of H-pyrrole nitrogens is 1. The first-order chi connectivity index (χ1) is 14.6. The van der Waals surface area contributed by atoms with Crippen molar-refractivity contribution in [3.63, 3.8) is 0 Å². The minimum atomic E-state index is -0.122. The van der Waals surface area contributed by atoms with Crippen LogP contribution in [0.25, 0.3) is 0 Å². The summed E-state index contributed by atoms with van der Waals surface area (Å²) >= 11 is 1.77. The first kappa shape index (κ1) is 19.9. The fraction of sp³-hybridized carbons (Fsp3) is 0.591. The highest BCUT2D eigenvalue weighted by molar-refractivity contribution is 7.10. The Morgan fingerprint density at radius 2 is 2.27 bits per heavy atom. The Morgan fingerprint density at radius 3 is 3.03 bits per heavy atom. The smallest absolute Gasteiger partial charge is 0.255 e. The molecule has 7 nitrogen and oxygen atoms in total. The highest BCUT2D eigenvalue weighted by atomic mass is 32.1. The molecule has 2 saturated heterocycles. The molecule has 2 atom stereocenters. The van der Waals surface area contributed by atoms with E-state index in [0.29, 0.717) is 25.6 Å². The van der Waals surface area contributed by atoms with Crippen LogP contribution in [-0.2, 0) is 29.0 Å². The molecule has 8 heteroatoms. The van der Waals surface area contributed by atoms with E-state index in [9.17, 15) is 9.59 Å². The zero-order valence-corrected chi connectivity index (χ0v) is 18.2. The largest absolute Gasteiger partial charge is 0.381 e. The second kappa shape index (κ2) is 8.24. The molecular weight excluding hydrogens is 400 g/mol. The number of likely N-dealkylation sites (tertiary alicyclic amines) is 1. The molecule has 3 aliphatic heterocycles. The Hall–Kier alpha value is -2.03. The minimum Gasteiger partial charge on any atom is -0.381 e. The Morgan fingerprint density at radius 1 is 1.37 bits per heavy atom. The Bertz CT molecular complexity index is 995. The third-order valence-electron chi connectivity index (χ3n) is 6.63. The number of amides is 1. The third-order valence-corrected chi connectivity index (χ3v) is 7.64. The van der Waals surface area contributed by atoms with Gasteiger partial charge in [-0.15, -0.1) is 11.3 Å². The molecule has 0 radical (unpaired) electrons. The van der Waals surface area contributed by atoms with Gasteiger partial charge in [0.15, 0.2) is 0 Å². The number of aromatic amines is 1. The normalized spacial score (nSPS) is 24.4. The molecule has 0 bridgehead atoms. The van der Waals surface area contributed by atoms with Gasteiger partial charge in [0.05, 0.1) is 29.8 Å². The summed E-state index contributed by atoms with van der Waals surface area (Å²) in [5, 5.41) is 2.12. The predicted molar refractivity (Wildman–Crippen MR) is 114 cm³/mol. The number of aryl methyl sites for hydroxylation is 1. The molecule has 2 aromatic heterocycles. The van der Waals surface area contributed by atoms with E-state index in [1.807, 2.05) is 4.90 Å². The summed E-state index contributed by atoms with van der Waals surface area (Å²) in [7, 11) is 0. The van der Waals surface area contributed by atoms with Crippen molar-refractivity contribution in [2.24, 2.45) is 5.92 Å². The molecule has 0 saturated carbocycles. The molecule has 0 unspecified atom stereocenters. The van der Waals surface area contributed by atoms with Crippen LogP contribution in [0, 0.1) is 12.8 Å². The molecule has 1 amide bonds. The molecule has 3 aliphatic rings. The van der Waals surface area contributed by atoms with Crippen molar-refractivity contribution in [1.29, 1.82) is 0 Å². The van der Waals surface area contributed by atoms with Gasteiger partial charge in [-0.25, -0.2) is 4.98 Å². The number of aromatic nitrogens is 2. The second-order valence-corrected chi connectivity index (χ2v) is 9.61. The average molecular weight is 429 g/mol. The third kappa shape index (κ3) is 3.72. The van der Waals surface area contributed by atoms with E-state index < -0.39 is 0 Å². The lowest BCUT2D eigenvalue weighted by Crippen LogP contribution is -2.39. The van der Waals surface area contributed by atoms with Crippen LogP contribution in [0.2, 0.25) is 0 Å². The lowest BCUT2D eigenvalue weighted by molar-refractivity contribution is -0.136. The molecule has 2 fully saturated rings. The van der Waals surface area contributed by atoms with Gasteiger partial charge in [-0.3, -0.25) is 14.5 Å². The number of ether oxygens (including phenoxy) is 1. The number of rotatable bonds is 4. The van der Waals surface area contributed by atoms with Gasteiger partial charge in [-0.2, -0.15) is 0 Å². The fourth-order valence-electron chi connectivity index (χ4n) is 4.84. The Kier molecular flexibility index (Phi) is 5.47. The van der Waals surface area contributed by atoms with Crippen LogP contribution < -0.4 is 5.56 Å². The lowest BCUT2D eigenvalue weighted by Gasteiger charge is -2.29. The highest BCUT2D eigenvalue weighted by Crippen LogP contribution is 2.33. The zero-order valence-electron chi connectivity index (χ0n) is 17.4. The van der Waals surface area contributed by atoms with Crippen molar-refractivity contribution in [3.05, 3.63) is 49.3 Å². The molecule has 0 aliphatic carbocycles. The van der Waals surface area contributed by atoms with Crippen LogP contribution in [0.15, 0.2) is 16.2 Å². The number of hydrogen-bond acceptors (Lipinski definition) is 6. The highest BCUT2D eigenvalue weighted by Gasteiger charge is 2.37. The topological polar surface area (TPSA) is 78.5 Å². The summed E-state index contributed by atoms with van der Waals surface area (Å²) in [5.41, 5.74) is 2.94. The fourth-order valence-corrected chi connectivity index (χ4v) is 5.79. The van der Waals surface area contributed by atoms with Gasteiger partial charge in [-0.05, 0) is 43.2 Å². The van der Waals surface area contributed by atoms with Gasteiger partial charge < -0.3 is 14.6 Å². The van der Waals surface area contributed by atoms with Crippen LogP contribution in [0.4, 0.5) is 0 Å². The van der Waals surface area contributed by atoms with Crippen LogP contribution in [-0.4, -0.2) is 52.0 Å². The van der Waals surface area contributed by atoms with Crippen LogP contribution in [0.5, 0.6) is 0 Å². The van der Waals surface area contributed by atoms with Crippen molar-refractivity contribution in [1.82, 2.24) is 19.8 Å². The zero-order chi connectivity index (χ0) is 20.7. The predicted octanol–water partition coefficient (Wildman–Crippen LogP) is 2.40. The number of thiophene rings is 1. The molecule has 30 heavy (non-hydrogen) atoms. The van der Waals surface area contributed by atoms with E-state index in [4.69, 9.17) is 9.72 Å². The molecule has 5 heterocycles. The second-order valence-electron chi connectivity index (χ2n) is 8.61. The molecule has 160 valence electrons. The van der Waals surface area contributed by atoms with Crippen molar-refractivity contribution in [3.8, 4) is 0 Å². The van der Waals surface area contributed by atoms with Gasteiger partial charge >= 0.3 is 0 Å². The van der Waals surface area contributed by atoms with Gasteiger partial charge in [-0.1, -0.05) is 0 Å². The monoisotopic (exact) mass is 428 g/mol. The van der Waals surface area contributed by atoms with E-state index in [0.717, 1.165) is 56.6 Å². The molecule has 1 N–H and O–H groups in total. The average Bonchev–Trinajstić information content (AvgIpc) is 3.50. The number of carbonyl (C=O) groups excluding carboxylic acids is 1. The van der Waals surface area contributed by atoms with Gasteiger partial charge in [0.1, 0.15) is 5.82 Å². The first-order valence-corrected chi connectivity index (χ1v) is 11.7. The van der Waals surface area contributed by atoms with E-state index in [2.05, 4.69) is 28.3 Å². The molecule has 0 aromatic carbocycles. The maximum atomic E-state index is 12.9. The molecule has 0 spiro atoms. The summed E-state index contributed by atoms with van der Waals surface area (Å²) in [6, 6.07) is 2.02. The summed E-state index contributed by atoms with van der Waals surface area (Å²) in [4.78, 5) is 39.4. The Labute approximate surface area is 180 Å². The maximum Gasteiger partial charge on any atom is 0.255 e. The van der Waals surface area contributed by atoms with Crippen molar-refractivity contribution < 1.29 is 9.53 Å². The van der Waals surface area contributed by atoms with E-state index >= 15 is 0 Å². The molecule has 2 aromatic rings. The summed E-state index contributed by atoms with van der Waals surface area (Å²) < 4.78 is 5.40. The minimum absolute atomic E-state index is 0.0499. The summed E-state index contributed by atoms with van der Waals surface area (Å²) in [6.45, 7) is 6.43. The van der Waals surface area contributed by atoms with E-state index in [1.165, 1.54) is 10.4 Å². The van der Waals surface area contributed by atoms with Crippen LogP contribution in [0.3, 0.4) is 0 Å². The van der Waals surface area contributed by atoms with E-state index in [-0.39, 0.29) is 23.4 Å². The summed E-state index contributed by atoms with van der Waals surface area (Å²) in [5.74, 6) is 0.753. The van der Waals surface area contributed by atoms with Crippen molar-refractivity contribution in [2.75, 3.05) is 26.3 Å². The number of fused-ring (bicyclic) bond motifs is 1. The van der Waals surface area contributed by atoms with Gasteiger partial charge in [0.2, 0.25) is 5.91 Å². The number of nitrogens with zero attached hydrogens (tertiary/aromatic N) is 3. The van der Waals surface area contributed by atoms with Crippen molar-refractivity contribution in [2.45, 2.75) is 51.7 Å². The standard InChI is InChI=1S/C22H28N4O3S/c1-14-6-10-30-19(14)12-25-8-4-17-16(11-25)21(27)24-20(23-17)18-3-2-7-26(18)22(28)15-5-9-29-13-15/h6,10,15,18H,2-5,7-9,11-13H2,1H3,(H,23,24,27)/t15-,18-/m0/s1. The Balaban J connectivity index is 1.35. The van der Waals surface area contributed by atoms with Crippen LogP contribution >= 0.6 is 11.3 Å². The SMILES string of the molecule is Cc1ccsc1CN1CCc2nc([C@@H]3CCCN3C(=O)[C@H]3CCOC3)[nH]c(=O)c2C1. The number of nitrogens with one attached hydrogen (secondary N) is 1. The van der Waals surface area contributed by atoms with E-state index in [1.54, 1.807) is 11.3 Å². The summed E-state index contributed by atoms with van der Waals surface area (Å²) in [6.07, 6.45) is 3.35. The number of carbonyl (C=O) groups is 1. The van der Waals surface area contributed by atoms with Gasteiger partial charge in [0, 0.05) is 44.1 Å². The molecule has 5 rings (SSSR count). The van der Waals surface area contributed by atoms with Crippen molar-refractivity contribution >= 4 is 17.2 Å².